The van der Waals surface area contributed by atoms with Crippen molar-refractivity contribution in [3.8, 4) is 18.1 Å². The molecule has 2 heteroatoms. The molecule has 0 spiro atoms. The van der Waals surface area contributed by atoms with Crippen LogP contribution in [0, 0.1) is 12.3 Å². The lowest BCUT2D eigenvalue weighted by Gasteiger charge is -2.06. The van der Waals surface area contributed by atoms with Gasteiger partial charge in [-0.1, -0.05) is 35.9 Å². The summed E-state index contributed by atoms with van der Waals surface area (Å²) < 4.78 is 5.26. The van der Waals surface area contributed by atoms with E-state index < -0.39 is 0 Å². The van der Waals surface area contributed by atoms with Crippen molar-refractivity contribution in [3.05, 3.63) is 54.1 Å². The van der Waals surface area contributed by atoms with E-state index in [-0.39, 0.29) is 0 Å². The fourth-order valence-electron chi connectivity index (χ4n) is 1.48. The second-order valence-corrected chi connectivity index (χ2v) is 4.57. The largest absolute Gasteiger partial charge is 0.495 e. The van der Waals surface area contributed by atoms with Crippen molar-refractivity contribution in [2.45, 2.75) is 9.79 Å². The maximum Gasteiger partial charge on any atom is 0.135 e. The fourth-order valence-corrected chi connectivity index (χ4v) is 2.35. The number of hydrogen-bond donors (Lipinski definition) is 0. The molecule has 0 bridgehead atoms. The summed E-state index contributed by atoms with van der Waals surface area (Å²) in [4.78, 5) is 2.31. The van der Waals surface area contributed by atoms with Gasteiger partial charge >= 0.3 is 0 Å². The zero-order valence-corrected chi connectivity index (χ0v) is 10.3. The molecule has 0 amide bonds. The summed E-state index contributed by atoms with van der Waals surface area (Å²) in [6.07, 6.45) is 5.39. The maximum absolute atomic E-state index is 5.39. The first-order chi connectivity index (χ1) is 8.33. The molecule has 0 fully saturated rings. The third kappa shape index (κ3) is 2.83. The molecule has 0 aliphatic rings. The molecule has 0 aliphatic heterocycles. The van der Waals surface area contributed by atoms with Crippen molar-refractivity contribution in [2.24, 2.45) is 0 Å². The Bertz CT molecular complexity index is 541. The summed E-state index contributed by atoms with van der Waals surface area (Å²) in [7, 11) is 1.63. The highest BCUT2D eigenvalue weighted by Crippen LogP contribution is 2.31. The van der Waals surface area contributed by atoms with Crippen LogP contribution in [0.15, 0.2) is 58.3 Å². The number of ether oxygens (including phenoxy) is 1. The minimum atomic E-state index is 0.744. The predicted molar refractivity (Wildman–Crippen MR) is 71.5 cm³/mol. The molecule has 17 heavy (non-hydrogen) atoms. The molecule has 0 N–H and O–H groups in total. The smallest absolute Gasteiger partial charge is 0.135 e. The summed E-state index contributed by atoms with van der Waals surface area (Å²) in [5, 5.41) is 0. The molecule has 0 radical (unpaired) electrons. The van der Waals surface area contributed by atoms with Crippen LogP contribution in [0.2, 0.25) is 0 Å². The first kappa shape index (κ1) is 11.6. The lowest BCUT2D eigenvalue weighted by molar-refractivity contribution is 0.412. The summed E-state index contributed by atoms with van der Waals surface area (Å²) in [5.41, 5.74) is 0.782. The second kappa shape index (κ2) is 5.47. The van der Waals surface area contributed by atoms with Crippen LogP contribution in [0.25, 0.3) is 0 Å². The van der Waals surface area contributed by atoms with Gasteiger partial charge in [0.1, 0.15) is 5.75 Å². The van der Waals surface area contributed by atoms with Crippen molar-refractivity contribution in [3.63, 3.8) is 0 Å². The van der Waals surface area contributed by atoms with Crippen LogP contribution in [0.1, 0.15) is 5.56 Å². The van der Waals surface area contributed by atoms with Crippen molar-refractivity contribution in [2.75, 3.05) is 7.11 Å². The van der Waals surface area contributed by atoms with Gasteiger partial charge in [-0.15, -0.1) is 6.42 Å². The number of hydrogen-bond acceptors (Lipinski definition) is 2. The van der Waals surface area contributed by atoms with Crippen molar-refractivity contribution in [1.29, 1.82) is 0 Å². The Morgan fingerprint density at radius 3 is 2.47 bits per heavy atom. The molecule has 0 aromatic heterocycles. The van der Waals surface area contributed by atoms with E-state index in [4.69, 9.17) is 11.2 Å². The molecule has 0 saturated heterocycles. The van der Waals surface area contributed by atoms with Gasteiger partial charge in [-0.2, -0.15) is 0 Å². The molecule has 1 nitrogen and oxygen atoms in total. The van der Waals surface area contributed by atoms with Crippen LogP contribution < -0.4 is 4.74 Å². The highest BCUT2D eigenvalue weighted by Gasteiger charge is 2.03. The molecule has 0 unspecified atom stereocenters. The minimum absolute atomic E-state index is 0.744. The van der Waals surface area contributed by atoms with Crippen molar-refractivity contribution >= 4 is 11.8 Å². The molecule has 2 aromatic rings. The average molecular weight is 240 g/mol. The van der Waals surface area contributed by atoms with Gasteiger partial charge in [0.15, 0.2) is 0 Å². The summed E-state index contributed by atoms with van der Waals surface area (Å²) >= 11 is 1.69. The Balaban J connectivity index is 2.26. The Morgan fingerprint density at radius 2 is 1.82 bits per heavy atom. The molecular formula is C15H12OS. The van der Waals surface area contributed by atoms with E-state index in [1.165, 1.54) is 4.90 Å². The highest BCUT2D eigenvalue weighted by molar-refractivity contribution is 7.99. The number of rotatable bonds is 3. The van der Waals surface area contributed by atoms with E-state index in [0.717, 1.165) is 16.2 Å². The molecular weight excluding hydrogens is 228 g/mol. The fraction of sp³-hybridized carbons (Fsp3) is 0.0667. The second-order valence-electron chi connectivity index (χ2n) is 3.42. The lowest BCUT2D eigenvalue weighted by atomic mass is 10.2. The zero-order valence-electron chi connectivity index (χ0n) is 9.51. The molecule has 0 heterocycles. The molecule has 0 aliphatic carbocycles. The van der Waals surface area contributed by atoms with E-state index in [1.54, 1.807) is 18.9 Å². The summed E-state index contributed by atoms with van der Waals surface area (Å²) in [6, 6.07) is 16.1. The van der Waals surface area contributed by atoms with Gasteiger partial charge in [0.2, 0.25) is 0 Å². The van der Waals surface area contributed by atoms with Gasteiger partial charge in [0.25, 0.3) is 0 Å². The molecule has 84 valence electrons. The average Bonchev–Trinajstić information content (AvgIpc) is 2.40. The van der Waals surface area contributed by atoms with Crippen LogP contribution in [0.3, 0.4) is 0 Å². The number of benzene rings is 2. The van der Waals surface area contributed by atoms with E-state index in [9.17, 15) is 0 Å². The Labute approximate surface area is 106 Å². The topological polar surface area (TPSA) is 9.23 Å². The molecule has 2 aromatic carbocycles. The normalized spacial score (nSPS) is 9.65. The third-order valence-electron chi connectivity index (χ3n) is 2.31. The Kier molecular flexibility index (Phi) is 3.74. The first-order valence-corrected chi connectivity index (χ1v) is 6.02. The monoisotopic (exact) mass is 240 g/mol. The van der Waals surface area contributed by atoms with Crippen LogP contribution >= 0.6 is 11.8 Å². The lowest BCUT2D eigenvalue weighted by Crippen LogP contribution is -1.87. The number of methoxy groups -OCH3 is 1. The minimum Gasteiger partial charge on any atom is -0.495 e. The van der Waals surface area contributed by atoms with E-state index in [2.05, 4.69) is 18.1 Å². The Hall–Kier alpha value is -1.85. The predicted octanol–water partition coefficient (Wildman–Crippen LogP) is 3.83. The first-order valence-electron chi connectivity index (χ1n) is 5.21. The van der Waals surface area contributed by atoms with Crippen molar-refractivity contribution in [1.82, 2.24) is 0 Å². The molecule has 0 atom stereocenters. The Morgan fingerprint density at radius 1 is 1.06 bits per heavy atom. The van der Waals surface area contributed by atoms with Crippen LogP contribution in [-0.4, -0.2) is 7.11 Å². The SMILES string of the molecule is C#Cc1ccc(Sc2ccccc2)cc1OC. The van der Waals surface area contributed by atoms with E-state index in [0.29, 0.717) is 0 Å². The number of terminal acetylenes is 1. The van der Waals surface area contributed by atoms with Gasteiger partial charge in [-0.25, -0.2) is 0 Å². The van der Waals surface area contributed by atoms with Crippen LogP contribution in [0.4, 0.5) is 0 Å². The van der Waals surface area contributed by atoms with E-state index >= 15 is 0 Å². The van der Waals surface area contributed by atoms with Gasteiger partial charge in [-0.05, 0) is 30.3 Å². The standard InChI is InChI=1S/C15H12OS/c1-3-12-9-10-14(11-15(12)16-2)17-13-7-5-4-6-8-13/h1,4-11H,2H3. The van der Waals surface area contributed by atoms with Gasteiger partial charge in [0.05, 0.1) is 12.7 Å². The quantitative estimate of drug-likeness (QED) is 0.754. The molecule has 0 saturated carbocycles. The molecule has 2 rings (SSSR count). The third-order valence-corrected chi connectivity index (χ3v) is 3.30. The van der Waals surface area contributed by atoms with Gasteiger partial charge < -0.3 is 4.74 Å². The zero-order chi connectivity index (χ0) is 12.1. The van der Waals surface area contributed by atoms with Crippen LogP contribution in [0.5, 0.6) is 5.75 Å². The van der Waals surface area contributed by atoms with Crippen LogP contribution in [-0.2, 0) is 0 Å². The van der Waals surface area contributed by atoms with Crippen molar-refractivity contribution < 1.29 is 4.74 Å². The maximum atomic E-state index is 5.39. The highest BCUT2D eigenvalue weighted by atomic mass is 32.2. The van der Waals surface area contributed by atoms with Gasteiger partial charge in [-0.3, -0.25) is 0 Å². The van der Waals surface area contributed by atoms with Gasteiger partial charge in [0, 0.05) is 9.79 Å². The summed E-state index contributed by atoms with van der Waals surface area (Å²) in [6.45, 7) is 0. The van der Waals surface area contributed by atoms with E-state index in [1.807, 2.05) is 36.4 Å². The summed E-state index contributed by atoms with van der Waals surface area (Å²) in [5.74, 6) is 3.35.